The van der Waals surface area contributed by atoms with Crippen LogP contribution < -0.4 is 15.4 Å². The maximum absolute atomic E-state index is 13.2. The number of hydrogen-bond acceptors (Lipinski definition) is 2. The highest BCUT2D eigenvalue weighted by Crippen LogP contribution is 2.25. The number of guanidine groups is 1. The van der Waals surface area contributed by atoms with Crippen molar-refractivity contribution in [3.63, 3.8) is 0 Å². The minimum Gasteiger partial charge on any atom is -0.493 e. The van der Waals surface area contributed by atoms with E-state index in [1.54, 1.807) is 13.1 Å². The number of benzene rings is 2. The first-order valence-electron chi connectivity index (χ1n) is 9.10. The number of aliphatic imine (C=N–C) groups is 1. The normalized spacial score (nSPS) is 13.3. The molecule has 2 N–H and O–H groups in total. The van der Waals surface area contributed by atoms with Crippen LogP contribution >= 0.6 is 0 Å². The van der Waals surface area contributed by atoms with Gasteiger partial charge in [-0.2, -0.15) is 0 Å². The minimum absolute atomic E-state index is 0.185. The fraction of sp³-hybridized carbons (Fsp3) is 0.381. The van der Waals surface area contributed by atoms with Gasteiger partial charge in [0, 0.05) is 26.6 Å². The Kier molecular flexibility index (Phi) is 6.10. The molecule has 2 aromatic rings. The van der Waals surface area contributed by atoms with Crippen molar-refractivity contribution in [2.75, 3.05) is 26.7 Å². The number of nitrogens with one attached hydrogen (secondary N) is 2. The third-order valence-electron chi connectivity index (χ3n) is 4.68. The van der Waals surface area contributed by atoms with Crippen molar-refractivity contribution in [3.05, 3.63) is 64.5 Å². The zero-order chi connectivity index (χ0) is 18.4. The molecule has 0 aromatic heterocycles. The Morgan fingerprint density at radius 2 is 1.92 bits per heavy atom. The van der Waals surface area contributed by atoms with Crippen LogP contribution in [-0.2, 0) is 19.3 Å². The average molecular weight is 355 g/mol. The molecule has 0 aliphatic carbocycles. The molecule has 0 bridgehead atoms. The summed E-state index contributed by atoms with van der Waals surface area (Å²) in [5.74, 6) is 1.62. The molecule has 2 aromatic carbocycles. The van der Waals surface area contributed by atoms with Crippen molar-refractivity contribution in [2.45, 2.75) is 26.2 Å². The van der Waals surface area contributed by atoms with E-state index in [1.165, 1.54) is 17.2 Å². The number of fused-ring (bicyclic) bond motifs is 1. The maximum atomic E-state index is 13.2. The van der Waals surface area contributed by atoms with Crippen molar-refractivity contribution in [3.8, 4) is 5.75 Å². The highest BCUT2D eigenvalue weighted by Gasteiger charge is 2.11. The predicted octanol–water partition coefficient (Wildman–Crippen LogP) is 3.02. The second-order valence-electron chi connectivity index (χ2n) is 6.54. The molecule has 0 fully saturated rings. The van der Waals surface area contributed by atoms with Gasteiger partial charge in [-0.3, -0.25) is 4.99 Å². The van der Waals surface area contributed by atoms with Crippen LogP contribution in [0, 0.1) is 12.7 Å². The van der Waals surface area contributed by atoms with Crippen LogP contribution in [0.1, 0.15) is 22.3 Å². The molecule has 0 amide bonds. The number of nitrogens with zero attached hydrogens (tertiary/aromatic N) is 1. The summed E-state index contributed by atoms with van der Waals surface area (Å²) >= 11 is 0. The lowest BCUT2D eigenvalue weighted by atomic mass is 10.1. The summed E-state index contributed by atoms with van der Waals surface area (Å²) in [6, 6.07) is 11.4. The average Bonchev–Trinajstić information content (AvgIpc) is 3.10. The number of ether oxygens (including phenoxy) is 1. The first kappa shape index (κ1) is 18.2. The highest BCUT2D eigenvalue weighted by atomic mass is 19.1. The zero-order valence-corrected chi connectivity index (χ0v) is 15.4. The van der Waals surface area contributed by atoms with Crippen molar-refractivity contribution < 1.29 is 9.13 Å². The van der Waals surface area contributed by atoms with Gasteiger partial charge in [-0.15, -0.1) is 0 Å². The Hall–Kier alpha value is -2.56. The van der Waals surface area contributed by atoms with Crippen LogP contribution in [0.3, 0.4) is 0 Å². The molecule has 138 valence electrons. The molecule has 5 heteroatoms. The van der Waals surface area contributed by atoms with E-state index >= 15 is 0 Å². The van der Waals surface area contributed by atoms with Gasteiger partial charge in [0.15, 0.2) is 5.96 Å². The molecule has 0 unspecified atom stereocenters. The Balaban J connectivity index is 1.42. The largest absolute Gasteiger partial charge is 0.493 e. The lowest BCUT2D eigenvalue weighted by Crippen LogP contribution is -2.39. The Bertz CT molecular complexity index is 789. The van der Waals surface area contributed by atoms with E-state index < -0.39 is 0 Å². The van der Waals surface area contributed by atoms with Crippen LogP contribution in [0.4, 0.5) is 4.39 Å². The molecule has 1 aliphatic rings. The lowest BCUT2D eigenvalue weighted by molar-refractivity contribution is 0.357. The monoisotopic (exact) mass is 355 g/mol. The van der Waals surface area contributed by atoms with Crippen LogP contribution in [0.25, 0.3) is 0 Å². The molecule has 0 atom stereocenters. The Morgan fingerprint density at radius 1 is 1.12 bits per heavy atom. The lowest BCUT2D eigenvalue weighted by Gasteiger charge is -2.13. The smallest absolute Gasteiger partial charge is 0.190 e. The van der Waals surface area contributed by atoms with E-state index in [9.17, 15) is 4.39 Å². The molecule has 26 heavy (non-hydrogen) atoms. The van der Waals surface area contributed by atoms with Crippen LogP contribution in [0.5, 0.6) is 5.75 Å². The molecule has 4 nitrogen and oxygen atoms in total. The van der Waals surface area contributed by atoms with Gasteiger partial charge >= 0.3 is 0 Å². The molecule has 0 saturated carbocycles. The van der Waals surface area contributed by atoms with Gasteiger partial charge in [-0.25, -0.2) is 4.39 Å². The first-order valence-corrected chi connectivity index (χ1v) is 9.10. The van der Waals surface area contributed by atoms with Gasteiger partial charge in [0.25, 0.3) is 0 Å². The number of rotatable bonds is 6. The summed E-state index contributed by atoms with van der Waals surface area (Å²) in [5.41, 5.74) is 4.74. The standard InChI is InChI=1S/C21H26FN3O/c1-15-13-19(22)5-4-17(15)8-11-25-21(23-2)24-10-7-16-3-6-20-18(14-16)9-12-26-20/h3-6,13-14H,7-12H2,1-2H3,(H2,23,24,25). The third kappa shape index (κ3) is 4.75. The SMILES string of the molecule is CN=C(NCCc1ccc2c(c1)CCO2)NCCc1ccc(F)cc1C. The van der Waals surface area contributed by atoms with Crippen LogP contribution in [0.15, 0.2) is 41.4 Å². The van der Waals surface area contributed by atoms with E-state index in [-0.39, 0.29) is 5.82 Å². The van der Waals surface area contributed by atoms with E-state index in [4.69, 9.17) is 4.74 Å². The molecule has 1 aliphatic heterocycles. The third-order valence-corrected chi connectivity index (χ3v) is 4.68. The van der Waals surface area contributed by atoms with E-state index in [1.807, 2.05) is 13.0 Å². The fourth-order valence-electron chi connectivity index (χ4n) is 3.20. The van der Waals surface area contributed by atoms with Gasteiger partial charge in [-0.1, -0.05) is 18.2 Å². The summed E-state index contributed by atoms with van der Waals surface area (Å²) in [5, 5.41) is 6.66. The van der Waals surface area contributed by atoms with Gasteiger partial charge in [0.1, 0.15) is 11.6 Å². The summed E-state index contributed by atoms with van der Waals surface area (Å²) < 4.78 is 18.7. The molecule has 0 radical (unpaired) electrons. The summed E-state index contributed by atoms with van der Waals surface area (Å²) in [6.07, 6.45) is 2.77. The van der Waals surface area contributed by atoms with Crippen LogP contribution in [-0.4, -0.2) is 32.7 Å². The minimum atomic E-state index is -0.185. The number of aryl methyl sites for hydroxylation is 1. The number of halogens is 1. The zero-order valence-electron chi connectivity index (χ0n) is 15.4. The Labute approximate surface area is 154 Å². The topological polar surface area (TPSA) is 45.7 Å². The first-order chi connectivity index (χ1) is 12.7. The second kappa shape index (κ2) is 8.70. The summed E-state index contributed by atoms with van der Waals surface area (Å²) in [4.78, 5) is 4.26. The van der Waals surface area contributed by atoms with Crippen molar-refractivity contribution in [1.82, 2.24) is 10.6 Å². The van der Waals surface area contributed by atoms with Gasteiger partial charge in [0.05, 0.1) is 6.61 Å². The molecule has 1 heterocycles. The quantitative estimate of drug-likeness (QED) is 0.618. The Morgan fingerprint density at radius 3 is 2.69 bits per heavy atom. The van der Waals surface area contributed by atoms with E-state index in [0.29, 0.717) is 0 Å². The number of hydrogen-bond donors (Lipinski definition) is 2. The van der Waals surface area contributed by atoms with Gasteiger partial charge in [0.2, 0.25) is 0 Å². The molecule has 0 saturated heterocycles. The summed E-state index contributed by atoms with van der Waals surface area (Å²) in [6.45, 7) is 4.30. The molecule has 3 rings (SSSR count). The van der Waals surface area contributed by atoms with Gasteiger partial charge < -0.3 is 15.4 Å². The van der Waals surface area contributed by atoms with E-state index in [2.05, 4.69) is 33.8 Å². The van der Waals surface area contributed by atoms with Crippen molar-refractivity contribution in [1.29, 1.82) is 0 Å². The summed E-state index contributed by atoms with van der Waals surface area (Å²) in [7, 11) is 1.77. The van der Waals surface area contributed by atoms with Crippen molar-refractivity contribution >= 4 is 5.96 Å². The molecular formula is C21H26FN3O. The molecular weight excluding hydrogens is 329 g/mol. The predicted molar refractivity (Wildman–Crippen MR) is 104 cm³/mol. The maximum Gasteiger partial charge on any atom is 0.190 e. The highest BCUT2D eigenvalue weighted by molar-refractivity contribution is 5.79. The fourth-order valence-corrected chi connectivity index (χ4v) is 3.20. The van der Waals surface area contributed by atoms with Gasteiger partial charge in [-0.05, 0) is 60.2 Å². The van der Waals surface area contributed by atoms with Crippen LogP contribution in [0.2, 0.25) is 0 Å². The molecule has 0 spiro atoms. The van der Waals surface area contributed by atoms with Crippen molar-refractivity contribution in [2.24, 2.45) is 4.99 Å². The van der Waals surface area contributed by atoms with E-state index in [0.717, 1.165) is 61.8 Å². The second-order valence-corrected chi connectivity index (χ2v) is 6.54.